The van der Waals surface area contributed by atoms with Crippen molar-refractivity contribution in [3.8, 4) is 17.2 Å². The second-order valence-corrected chi connectivity index (χ2v) is 6.27. The molecule has 0 saturated heterocycles. The summed E-state index contributed by atoms with van der Waals surface area (Å²) in [6.07, 6.45) is 5.71. The van der Waals surface area contributed by atoms with E-state index in [1.165, 1.54) is 6.08 Å². The number of ether oxygens (including phenoxy) is 3. The summed E-state index contributed by atoms with van der Waals surface area (Å²) in [6, 6.07) is 15.3. The predicted molar refractivity (Wildman–Crippen MR) is 106 cm³/mol. The molecule has 142 valence electrons. The van der Waals surface area contributed by atoms with Crippen LogP contribution in [-0.2, 0) is 4.79 Å². The van der Waals surface area contributed by atoms with Gasteiger partial charge in [-0.25, -0.2) is 0 Å². The first-order valence-electron chi connectivity index (χ1n) is 9.12. The van der Waals surface area contributed by atoms with Gasteiger partial charge in [-0.1, -0.05) is 24.3 Å². The van der Waals surface area contributed by atoms with E-state index in [4.69, 9.17) is 14.2 Å². The number of aromatic nitrogens is 1. The molecule has 0 fully saturated rings. The second-order valence-electron chi connectivity index (χ2n) is 6.27. The molecule has 2 aromatic carbocycles. The van der Waals surface area contributed by atoms with Crippen LogP contribution in [0.2, 0.25) is 0 Å². The molecule has 1 N–H and O–H groups in total. The van der Waals surface area contributed by atoms with E-state index in [1.54, 1.807) is 12.3 Å². The Hall–Kier alpha value is -3.54. The van der Waals surface area contributed by atoms with Gasteiger partial charge in [0, 0.05) is 24.2 Å². The number of fused-ring (bicyclic) bond motifs is 2. The zero-order valence-electron chi connectivity index (χ0n) is 15.3. The fourth-order valence-electron chi connectivity index (χ4n) is 2.91. The van der Waals surface area contributed by atoms with Crippen molar-refractivity contribution in [3.05, 3.63) is 66.4 Å². The fourth-order valence-corrected chi connectivity index (χ4v) is 2.91. The van der Waals surface area contributed by atoms with E-state index in [-0.39, 0.29) is 12.7 Å². The van der Waals surface area contributed by atoms with Crippen molar-refractivity contribution in [1.29, 1.82) is 0 Å². The van der Waals surface area contributed by atoms with Crippen molar-refractivity contribution in [2.24, 2.45) is 0 Å². The summed E-state index contributed by atoms with van der Waals surface area (Å²) >= 11 is 0. The van der Waals surface area contributed by atoms with E-state index >= 15 is 0 Å². The normalized spacial score (nSPS) is 12.4. The molecule has 0 saturated carbocycles. The van der Waals surface area contributed by atoms with Crippen molar-refractivity contribution >= 4 is 22.9 Å². The molecule has 0 bridgehead atoms. The Morgan fingerprint density at radius 2 is 2.04 bits per heavy atom. The summed E-state index contributed by atoms with van der Waals surface area (Å²) < 4.78 is 16.4. The molecule has 4 rings (SSSR count). The van der Waals surface area contributed by atoms with Crippen molar-refractivity contribution in [2.75, 3.05) is 19.9 Å². The first kappa shape index (κ1) is 17.9. The smallest absolute Gasteiger partial charge is 0.244 e. The Labute approximate surface area is 162 Å². The Morgan fingerprint density at radius 3 is 3.00 bits per heavy atom. The SMILES string of the molecule is O=C(/C=C/c1ccc2c(c1)OCO2)NCCCOc1cccc2cccnc12. The Morgan fingerprint density at radius 1 is 1.14 bits per heavy atom. The number of benzene rings is 2. The number of carbonyl (C=O) groups is 1. The Balaban J connectivity index is 1.21. The van der Waals surface area contributed by atoms with Crippen molar-refractivity contribution in [1.82, 2.24) is 10.3 Å². The zero-order valence-corrected chi connectivity index (χ0v) is 15.3. The van der Waals surface area contributed by atoms with E-state index in [0.717, 1.165) is 28.0 Å². The molecule has 1 aliphatic heterocycles. The van der Waals surface area contributed by atoms with Gasteiger partial charge in [-0.15, -0.1) is 0 Å². The number of rotatable bonds is 7. The van der Waals surface area contributed by atoms with Gasteiger partial charge in [0.25, 0.3) is 0 Å². The van der Waals surface area contributed by atoms with E-state index < -0.39 is 0 Å². The average molecular weight is 376 g/mol. The third-order valence-electron chi connectivity index (χ3n) is 4.30. The number of para-hydroxylation sites is 1. The minimum absolute atomic E-state index is 0.149. The standard InChI is InChI=1S/C22H20N2O4/c25-21(10-8-16-7-9-18-20(14-16)28-15-27-18)23-12-3-13-26-19-6-1-4-17-5-2-11-24-22(17)19/h1-2,4-11,14H,3,12-13,15H2,(H,23,25)/b10-8+. The number of amides is 1. The van der Waals surface area contributed by atoms with Crippen LogP contribution >= 0.6 is 0 Å². The maximum absolute atomic E-state index is 12.0. The van der Waals surface area contributed by atoms with E-state index in [1.807, 2.05) is 48.5 Å². The number of nitrogens with one attached hydrogen (secondary N) is 1. The quantitative estimate of drug-likeness (QED) is 0.504. The van der Waals surface area contributed by atoms with Crippen LogP contribution in [-0.4, -0.2) is 30.8 Å². The molecule has 6 nitrogen and oxygen atoms in total. The van der Waals surface area contributed by atoms with Gasteiger partial charge < -0.3 is 19.5 Å². The van der Waals surface area contributed by atoms with Crippen LogP contribution in [0.3, 0.4) is 0 Å². The highest BCUT2D eigenvalue weighted by Gasteiger charge is 2.12. The monoisotopic (exact) mass is 376 g/mol. The van der Waals surface area contributed by atoms with E-state index in [0.29, 0.717) is 25.3 Å². The highest BCUT2D eigenvalue weighted by molar-refractivity contribution is 5.91. The molecule has 0 radical (unpaired) electrons. The van der Waals surface area contributed by atoms with Gasteiger partial charge in [0.1, 0.15) is 11.3 Å². The van der Waals surface area contributed by atoms with E-state index in [9.17, 15) is 4.79 Å². The van der Waals surface area contributed by atoms with Crippen LogP contribution in [0.25, 0.3) is 17.0 Å². The zero-order chi connectivity index (χ0) is 19.2. The fraction of sp³-hybridized carbons (Fsp3) is 0.182. The largest absolute Gasteiger partial charge is 0.491 e. The summed E-state index contributed by atoms with van der Waals surface area (Å²) in [6.45, 7) is 1.27. The highest BCUT2D eigenvalue weighted by Crippen LogP contribution is 2.32. The number of nitrogens with zero attached hydrogens (tertiary/aromatic N) is 1. The van der Waals surface area contributed by atoms with Crippen LogP contribution in [0.15, 0.2) is 60.8 Å². The van der Waals surface area contributed by atoms with E-state index in [2.05, 4.69) is 10.3 Å². The summed E-state index contributed by atoms with van der Waals surface area (Å²) in [5, 5.41) is 3.89. The van der Waals surface area contributed by atoms with Crippen molar-refractivity contribution in [3.63, 3.8) is 0 Å². The van der Waals surface area contributed by atoms with Gasteiger partial charge in [0.15, 0.2) is 11.5 Å². The van der Waals surface area contributed by atoms with Crippen LogP contribution in [0, 0.1) is 0 Å². The Bertz CT molecular complexity index is 1010. The summed E-state index contributed by atoms with van der Waals surface area (Å²) in [4.78, 5) is 16.3. The van der Waals surface area contributed by atoms with Gasteiger partial charge in [0.2, 0.25) is 12.7 Å². The third kappa shape index (κ3) is 4.23. The molecule has 2 heterocycles. The highest BCUT2D eigenvalue weighted by atomic mass is 16.7. The molecule has 1 amide bonds. The van der Waals surface area contributed by atoms with Gasteiger partial charge in [-0.05, 0) is 42.3 Å². The van der Waals surface area contributed by atoms with Crippen LogP contribution in [0.4, 0.5) is 0 Å². The third-order valence-corrected chi connectivity index (χ3v) is 4.30. The lowest BCUT2D eigenvalue weighted by molar-refractivity contribution is -0.116. The molecule has 0 atom stereocenters. The molecule has 1 aliphatic rings. The number of pyridine rings is 1. The van der Waals surface area contributed by atoms with Crippen molar-refractivity contribution in [2.45, 2.75) is 6.42 Å². The maximum atomic E-state index is 12.0. The van der Waals surface area contributed by atoms with Gasteiger partial charge in [-0.3, -0.25) is 9.78 Å². The minimum atomic E-state index is -0.149. The molecule has 0 aliphatic carbocycles. The maximum Gasteiger partial charge on any atom is 0.244 e. The Kier molecular flexibility index (Phi) is 5.38. The molecule has 1 aromatic heterocycles. The molecular weight excluding hydrogens is 356 g/mol. The number of carbonyl (C=O) groups excluding carboxylic acids is 1. The van der Waals surface area contributed by atoms with Gasteiger partial charge in [-0.2, -0.15) is 0 Å². The van der Waals surface area contributed by atoms with Gasteiger partial charge in [0.05, 0.1) is 6.61 Å². The second kappa shape index (κ2) is 8.43. The topological polar surface area (TPSA) is 69.7 Å². The molecular formula is C22H20N2O4. The number of hydrogen-bond acceptors (Lipinski definition) is 5. The molecule has 0 spiro atoms. The van der Waals surface area contributed by atoms with Crippen LogP contribution < -0.4 is 19.5 Å². The molecule has 28 heavy (non-hydrogen) atoms. The van der Waals surface area contributed by atoms with Gasteiger partial charge >= 0.3 is 0 Å². The lowest BCUT2D eigenvalue weighted by atomic mass is 10.2. The molecule has 3 aromatic rings. The number of hydrogen-bond donors (Lipinski definition) is 1. The first-order chi connectivity index (χ1) is 13.8. The summed E-state index contributed by atoms with van der Waals surface area (Å²) in [5.74, 6) is 2.03. The van der Waals surface area contributed by atoms with Crippen LogP contribution in [0.1, 0.15) is 12.0 Å². The molecule has 0 unspecified atom stereocenters. The molecule has 6 heteroatoms. The summed E-state index contributed by atoms with van der Waals surface area (Å²) in [7, 11) is 0. The van der Waals surface area contributed by atoms with Crippen LogP contribution in [0.5, 0.6) is 17.2 Å². The van der Waals surface area contributed by atoms with Crippen molar-refractivity contribution < 1.29 is 19.0 Å². The minimum Gasteiger partial charge on any atom is -0.491 e. The first-order valence-corrected chi connectivity index (χ1v) is 9.12. The average Bonchev–Trinajstić information content (AvgIpc) is 3.20. The summed E-state index contributed by atoms with van der Waals surface area (Å²) in [5.41, 5.74) is 1.73. The predicted octanol–water partition coefficient (Wildman–Crippen LogP) is 3.56. The lowest BCUT2D eigenvalue weighted by Crippen LogP contribution is -2.23. The lowest BCUT2D eigenvalue weighted by Gasteiger charge is -2.08.